The average Bonchev–Trinajstić information content (AvgIpc) is 2.65. The van der Waals surface area contributed by atoms with E-state index in [1.54, 1.807) is 0 Å². The first-order chi connectivity index (χ1) is 8.60. The maximum atomic E-state index is 11.3. The van der Waals surface area contributed by atoms with E-state index in [-0.39, 0.29) is 23.0 Å². The molecule has 0 spiro atoms. The first kappa shape index (κ1) is 12.9. The van der Waals surface area contributed by atoms with Gasteiger partial charge in [0, 0.05) is 11.8 Å². The lowest BCUT2D eigenvalue weighted by Crippen LogP contribution is -2.10. The number of hydrogen-bond donors (Lipinski definition) is 1. The molecule has 4 heteroatoms. The van der Waals surface area contributed by atoms with Gasteiger partial charge in [-0.05, 0) is 19.3 Å². The molecule has 0 bridgehead atoms. The summed E-state index contributed by atoms with van der Waals surface area (Å²) in [7, 11) is 0. The SMILES string of the molecule is CCC(C)c1oc(C2CCC2)c(C=O)c1C(=O)O. The highest BCUT2D eigenvalue weighted by atomic mass is 16.4. The van der Waals surface area contributed by atoms with Crippen molar-refractivity contribution in [2.75, 3.05) is 0 Å². The fourth-order valence-electron chi connectivity index (χ4n) is 2.32. The molecule has 0 aromatic carbocycles. The monoisotopic (exact) mass is 250 g/mol. The lowest BCUT2D eigenvalue weighted by Gasteiger charge is -2.23. The van der Waals surface area contributed by atoms with Crippen LogP contribution in [-0.4, -0.2) is 17.4 Å². The van der Waals surface area contributed by atoms with Crippen LogP contribution in [0.1, 0.15) is 83.6 Å². The van der Waals surface area contributed by atoms with Crippen LogP contribution in [-0.2, 0) is 0 Å². The normalized spacial score (nSPS) is 17.2. The molecular formula is C14H18O4. The number of carboxylic acid groups (broad SMARTS) is 1. The summed E-state index contributed by atoms with van der Waals surface area (Å²) in [4.78, 5) is 22.5. The number of carbonyl (C=O) groups is 2. The summed E-state index contributed by atoms with van der Waals surface area (Å²) in [6, 6.07) is 0. The van der Waals surface area contributed by atoms with Gasteiger partial charge in [0.25, 0.3) is 0 Å². The van der Waals surface area contributed by atoms with Gasteiger partial charge in [-0.1, -0.05) is 20.3 Å². The van der Waals surface area contributed by atoms with E-state index in [1.165, 1.54) is 0 Å². The molecule has 1 saturated carbocycles. The first-order valence-electron chi connectivity index (χ1n) is 6.45. The number of furan rings is 1. The van der Waals surface area contributed by atoms with Crippen LogP contribution in [0.25, 0.3) is 0 Å². The summed E-state index contributed by atoms with van der Waals surface area (Å²) in [6.07, 6.45) is 4.49. The quantitative estimate of drug-likeness (QED) is 0.811. The fraction of sp³-hybridized carbons (Fsp3) is 0.571. The minimum absolute atomic E-state index is 0.0172. The van der Waals surface area contributed by atoms with E-state index in [9.17, 15) is 14.7 Å². The number of carboxylic acids is 1. The Bertz CT molecular complexity index is 468. The molecule has 98 valence electrons. The standard InChI is InChI=1S/C14H18O4/c1-3-8(2)12-11(14(16)17)10(7-15)13(18-12)9-5-4-6-9/h7-9H,3-6H2,1-2H3,(H,16,17). The molecule has 0 aliphatic heterocycles. The second-order valence-corrected chi connectivity index (χ2v) is 4.98. The Morgan fingerprint density at radius 2 is 2.22 bits per heavy atom. The van der Waals surface area contributed by atoms with E-state index in [4.69, 9.17) is 4.42 Å². The molecule has 1 aromatic heterocycles. The number of hydrogen-bond acceptors (Lipinski definition) is 3. The molecule has 0 saturated heterocycles. The van der Waals surface area contributed by atoms with Crippen LogP contribution in [0.15, 0.2) is 4.42 Å². The first-order valence-corrected chi connectivity index (χ1v) is 6.45. The zero-order valence-corrected chi connectivity index (χ0v) is 10.7. The molecule has 0 amide bonds. The third-order valence-corrected chi connectivity index (χ3v) is 3.87. The van der Waals surface area contributed by atoms with Gasteiger partial charge in [-0.3, -0.25) is 4.79 Å². The van der Waals surface area contributed by atoms with E-state index in [1.807, 2.05) is 13.8 Å². The Hall–Kier alpha value is -1.58. The summed E-state index contributed by atoms with van der Waals surface area (Å²) in [5, 5.41) is 9.29. The van der Waals surface area contributed by atoms with E-state index < -0.39 is 5.97 Å². The molecule has 1 atom stereocenters. The van der Waals surface area contributed by atoms with Gasteiger partial charge in [0.05, 0.1) is 5.56 Å². The van der Waals surface area contributed by atoms with Crippen LogP contribution in [0.5, 0.6) is 0 Å². The van der Waals surface area contributed by atoms with Gasteiger partial charge in [0.15, 0.2) is 6.29 Å². The fourth-order valence-corrected chi connectivity index (χ4v) is 2.32. The highest BCUT2D eigenvalue weighted by Gasteiger charge is 2.33. The molecule has 1 aliphatic rings. The van der Waals surface area contributed by atoms with Gasteiger partial charge >= 0.3 is 5.97 Å². The van der Waals surface area contributed by atoms with Crippen molar-refractivity contribution in [3.63, 3.8) is 0 Å². The predicted molar refractivity (Wildman–Crippen MR) is 66.4 cm³/mol. The zero-order chi connectivity index (χ0) is 13.3. The molecule has 18 heavy (non-hydrogen) atoms. The third-order valence-electron chi connectivity index (χ3n) is 3.87. The van der Waals surface area contributed by atoms with Gasteiger partial charge in [0.1, 0.15) is 17.1 Å². The Balaban J connectivity index is 2.54. The van der Waals surface area contributed by atoms with Crippen LogP contribution in [0.2, 0.25) is 0 Å². The van der Waals surface area contributed by atoms with Crippen LogP contribution < -0.4 is 0 Å². The Labute approximate surface area is 106 Å². The molecule has 1 N–H and O–H groups in total. The van der Waals surface area contributed by atoms with E-state index in [0.717, 1.165) is 25.7 Å². The van der Waals surface area contributed by atoms with Crippen LogP contribution >= 0.6 is 0 Å². The van der Waals surface area contributed by atoms with E-state index in [2.05, 4.69) is 0 Å². The van der Waals surface area contributed by atoms with Gasteiger partial charge in [-0.2, -0.15) is 0 Å². The highest BCUT2D eigenvalue weighted by Crippen LogP contribution is 2.42. The second-order valence-electron chi connectivity index (χ2n) is 4.98. The molecule has 1 unspecified atom stereocenters. The second kappa shape index (κ2) is 4.96. The lowest BCUT2D eigenvalue weighted by molar-refractivity contribution is 0.0691. The summed E-state index contributed by atoms with van der Waals surface area (Å²) >= 11 is 0. The number of aromatic carboxylic acids is 1. The maximum absolute atomic E-state index is 11.3. The summed E-state index contributed by atoms with van der Waals surface area (Å²) in [5.41, 5.74) is 0.323. The Morgan fingerprint density at radius 1 is 1.56 bits per heavy atom. The summed E-state index contributed by atoms with van der Waals surface area (Å²) < 4.78 is 5.74. The molecule has 1 aliphatic carbocycles. The Morgan fingerprint density at radius 3 is 2.61 bits per heavy atom. The molecule has 1 heterocycles. The van der Waals surface area contributed by atoms with Crippen LogP contribution in [0.4, 0.5) is 0 Å². The molecule has 0 radical (unpaired) electrons. The van der Waals surface area contributed by atoms with Crippen molar-refractivity contribution in [2.24, 2.45) is 0 Å². The molecule has 4 nitrogen and oxygen atoms in total. The minimum Gasteiger partial charge on any atom is -0.478 e. The largest absolute Gasteiger partial charge is 0.478 e. The Kier molecular flexibility index (Phi) is 3.55. The molecular weight excluding hydrogens is 232 g/mol. The molecule has 2 rings (SSSR count). The maximum Gasteiger partial charge on any atom is 0.340 e. The summed E-state index contributed by atoms with van der Waals surface area (Å²) in [6.45, 7) is 3.90. The van der Waals surface area contributed by atoms with Gasteiger partial charge < -0.3 is 9.52 Å². The van der Waals surface area contributed by atoms with Gasteiger partial charge in [-0.25, -0.2) is 4.79 Å². The molecule has 1 aromatic rings. The average molecular weight is 250 g/mol. The minimum atomic E-state index is -1.07. The van der Waals surface area contributed by atoms with Crippen molar-refractivity contribution in [2.45, 2.75) is 51.4 Å². The third kappa shape index (κ3) is 1.96. The van der Waals surface area contributed by atoms with Crippen LogP contribution in [0, 0.1) is 0 Å². The van der Waals surface area contributed by atoms with E-state index in [0.29, 0.717) is 17.8 Å². The smallest absolute Gasteiger partial charge is 0.340 e. The van der Waals surface area contributed by atoms with Crippen LogP contribution in [0.3, 0.4) is 0 Å². The number of aldehydes is 1. The topological polar surface area (TPSA) is 67.5 Å². The summed E-state index contributed by atoms with van der Waals surface area (Å²) in [5.74, 6) is 0.212. The van der Waals surface area contributed by atoms with Crippen molar-refractivity contribution in [3.05, 3.63) is 22.6 Å². The highest BCUT2D eigenvalue weighted by molar-refractivity contribution is 5.99. The van der Waals surface area contributed by atoms with E-state index >= 15 is 0 Å². The lowest BCUT2D eigenvalue weighted by atomic mass is 9.82. The van der Waals surface area contributed by atoms with Crippen molar-refractivity contribution in [3.8, 4) is 0 Å². The number of carbonyl (C=O) groups excluding carboxylic acids is 1. The van der Waals surface area contributed by atoms with Crippen molar-refractivity contribution in [1.82, 2.24) is 0 Å². The zero-order valence-electron chi connectivity index (χ0n) is 10.7. The number of rotatable bonds is 5. The predicted octanol–water partition coefficient (Wildman–Crippen LogP) is 3.57. The van der Waals surface area contributed by atoms with Crippen molar-refractivity contribution < 1.29 is 19.1 Å². The van der Waals surface area contributed by atoms with Gasteiger partial charge in [-0.15, -0.1) is 0 Å². The molecule has 1 fully saturated rings. The van der Waals surface area contributed by atoms with Crippen molar-refractivity contribution >= 4 is 12.3 Å². The van der Waals surface area contributed by atoms with Crippen molar-refractivity contribution in [1.29, 1.82) is 0 Å². The van der Waals surface area contributed by atoms with Gasteiger partial charge in [0.2, 0.25) is 0 Å².